The van der Waals surface area contributed by atoms with Gasteiger partial charge >= 0.3 is 0 Å². The number of aryl methyl sites for hydroxylation is 2. The van der Waals surface area contributed by atoms with E-state index in [0.717, 1.165) is 18.3 Å². The molecule has 62 valence electrons. The molecular formula is C8H15N3. The second-order valence-electron chi connectivity index (χ2n) is 3.24. The lowest BCUT2D eigenvalue weighted by Crippen LogP contribution is -2.01. The number of nitrogens with zero attached hydrogens (tertiary/aromatic N) is 3. The highest BCUT2D eigenvalue weighted by Crippen LogP contribution is 2.00. The average molecular weight is 153 g/mol. The van der Waals surface area contributed by atoms with E-state index in [2.05, 4.69) is 23.9 Å². The van der Waals surface area contributed by atoms with Crippen LogP contribution in [0, 0.1) is 12.8 Å². The molecule has 1 rings (SSSR count). The fourth-order valence-electron chi connectivity index (χ4n) is 0.886. The summed E-state index contributed by atoms with van der Waals surface area (Å²) in [6, 6.07) is 0. The van der Waals surface area contributed by atoms with E-state index in [-0.39, 0.29) is 0 Å². The zero-order valence-electron chi connectivity index (χ0n) is 7.41. The monoisotopic (exact) mass is 153 g/mol. The third kappa shape index (κ3) is 2.70. The minimum Gasteiger partial charge on any atom is -0.253 e. The molecule has 0 amide bonds. The summed E-state index contributed by atoms with van der Waals surface area (Å²) in [5, 5.41) is 4.19. The van der Waals surface area contributed by atoms with Gasteiger partial charge in [-0.3, -0.25) is 4.68 Å². The summed E-state index contributed by atoms with van der Waals surface area (Å²) >= 11 is 0. The molecule has 1 aromatic rings. The lowest BCUT2D eigenvalue weighted by Gasteiger charge is -2.02. The van der Waals surface area contributed by atoms with Crippen LogP contribution in [0.5, 0.6) is 0 Å². The van der Waals surface area contributed by atoms with E-state index < -0.39 is 0 Å². The summed E-state index contributed by atoms with van der Waals surface area (Å²) in [6.07, 6.45) is 2.96. The number of hydrogen-bond acceptors (Lipinski definition) is 2. The highest BCUT2D eigenvalue weighted by atomic mass is 15.3. The fourth-order valence-corrected chi connectivity index (χ4v) is 0.886. The Labute approximate surface area is 67.4 Å². The molecule has 0 atom stereocenters. The normalized spacial score (nSPS) is 10.9. The topological polar surface area (TPSA) is 30.7 Å². The molecule has 0 aliphatic carbocycles. The quantitative estimate of drug-likeness (QED) is 0.660. The molecule has 0 radical (unpaired) electrons. The van der Waals surface area contributed by atoms with Gasteiger partial charge < -0.3 is 0 Å². The Hall–Kier alpha value is -0.860. The van der Waals surface area contributed by atoms with Gasteiger partial charge in [-0.25, -0.2) is 4.98 Å². The molecule has 0 saturated heterocycles. The standard InChI is InChI=1S/C8H15N3/c1-7(2)4-5-11-6-9-8(3)10-11/h6-7H,4-5H2,1-3H3. The van der Waals surface area contributed by atoms with Gasteiger partial charge in [-0.1, -0.05) is 13.8 Å². The molecule has 0 bridgehead atoms. The van der Waals surface area contributed by atoms with Crippen LogP contribution in [0.25, 0.3) is 0 Å². The van der Waals surface area contributed by atoms with Crippen molar-refractivity contribution in [2.24, 2.45) is 5.92 Å². The maximum absolute atomic E-state index is 4.19. The van der Waals surface area contributed by atoms with E-state index in [4.69, 9.17) is 0 Å². The largest absolute Gasteiger partial charge is 0.253 e. The first-order chi connectivity index (χ1) is 5.18. The van der Waals surface area contributed by atoms with E-state index in [1.165, 1.54) is 6.42 Å². The Morgan fingerprint density at radius 3 is 2.73 bits per heavy atom. The van der Waals surface area contributed by atoms with Crippen molar-refractivity contribution in [2.75, 3.05) is 0 Å². The highest BCUT2D eigenvalue weighted by molar-refractivity contribution is 4.74. The number of hydrogen-bond donors (Lipinski definition) is 0. The summed E-state index contributed by atoms with van der Waals surface area (Å²) in [6.45, 7) is 7.32. The first-order valence-corrected chi connectivity index (χ1v) is 4.04. The second kappa shape index (κ2) is 3.51. The third-order valence-corrected chi connectivity index (χ3v) is 1.59. The molecule has 0 unspecified atom stereocenters. The molecule has 3 nitrogen and oxygen atoms in total. The van der Waals surface area contributed by atoms with Gasteiger partial charge in [0.2, 0.25) is 0 Å². The molecule has 3 heteroatoms. The number of aromatic nitrogens is 3. The van der Waals surface area contributed by atoms with Crippen LogP contribution in [0.1, 0.15) is 26.1 Å². The van der Waals surface area contributed by atoms with Crippen LogP contribution < -0.4 is 0 Å². The molecular weight excluding hydrogens is 138 g/mol. The van der Waals surface area contributed by atoms with Gasteiger partial charge in [-0.2, -0.15) is 5.10 Å². The summed E-state index contributed by atoms with van der Waals surface area (Å²) in [7, 11) is 0. The Balaban J connectivity index is 2.39. The molecule has 1 heterocycles. The second-order valence-corrected chi connectivity index (χ2v) is 3.24. The van der Waals surface area contributed by atoms with Gasteiger partial charge in [0.1, 0.15) is 12.2 Å². The Morgan fingerprint density at radius 2 is 2.27 bits per heavy atom. The molecule has 11 heavy (non-hydrogen) atoms. The molecule has 0 fully saturated rings. The molecule has 0 saturated carbocycles. The van der Waals surface area contributed by atoms with Crippen molar-refractivity contribution >= 4 is 0 Å². The third-order valence-electron chi connectivity index (χ3n) is 1.59. The molecule has 0 aliphatic heterocycles. The molecule has 0 aliphatic rings. The zero-order chi connectivity index (χ0) is 8.27. The van der Waals surface area contributed by atoms with Gasteiger partial charge in [0.25, 0.3) is 0 Å². The SMILES string of the molecule is Cc1ncn(CCC(C)C)n1. The maximum atomic E-state index is 4.19. The first kappa shape index (κ1) is 8.24. The van der Waals surface area contributed by atoms with Crippen LogP contribution in [0.4, 0.5) is 0 Å². The van der Waals surface area contributed by atoms with Gasteiger partial charge in [-0.15, -0.1) is 0 Å². The van der Waals surface area contributed by atoms with Crippen LogP contribution in [-0.4, -0.2) is 14.8 Å². The lowest BCUT2D eigenvalue weighted by molar-refractivity contribution is 0.485. The predicted octanol–water partition coefficient (Wildman–Crippen LogP) is 1.63. The smallest absolute Gasteiger partial charge is 0.147 e. The highest BCUT2D eigenvalue weighted by Gasteiger charge is 1.96. The van der Waals surface area contributed by atoms with Gasteiger partial charge in [0.05, 0.1) is 0 Å². The van der Waals surface area contributed by atoms with Crippen LogP contribution >= 0.6 is 0 Å². The van der Waals surface area contributed by atoms with Crippen LogP contribution in [0.3, 0.4) is 0 Å². The van der Waals surface area contributed by atoms with Crippen molar-refractivity contribution in [3.05, 3.63) is 12.2 Å². The summed E-state index contributed by atoms with van der Waals surface area (Å²) in [5.41, 5.74) is 0. The van der Waals surface area contributed by atoms with Gasteiger partial charge in [0.15, 0.2) is 0 Å². The van der Waals surface area contributed by atoms with Crippen molar-refractivity contribution < 1.29 is 0 Å². The zero-order valence-corrected chi connectivity index (χ0v) is 7.41. The van der Waals surface area contributed by atoms with Crippen LogP contribution in [-0.2, 0) is 6.54 Å². The van der Waals surface area contributed by atoms with E-state index in [1.807, 2.05) is 11.6 Å². The Bertz CT molecular complexity index is 215. The minimum atomic E-state index is 0.736. The van der Waals surface area contributed by atoms with Crippen molar-refractivity contribution in [2.45, 2.75) is 33.7 Å². The molecule has 1 aromatic heterocycles. The van der Waals surface area contributed by atoms with Crippen LogP contribution in [0.2, 0.25) is 0 Å². The maximum Gasteiger partial charge on any atom is 0.147 e. The molecule has 0 spiro atoms. The minimum absolute atomic E-state index is 0.736. The van der Waals surface area contributed by atoms with Gasteiger partial charge in [-0.05, 0) is 19.3 Å². The van der Waals surface area contributed by atoms with Crippen molar-refractivity contribution in [3.8, 4) is 0 Å². The summed E-state index contributed by atoms with van der Waals surface area (Å²) in [4.78, 5) is 4.05. The summed E-state index contributed by atoms with van der Waals surface area (Å²) in [5.74, 6) is 1.59. The van der Waals surface area contributed by atoms with E-state index in [9.17, 15) is 0 Å². The van der Waals surface area contributed by atoms with E-state index in [0.29, 0.717) is 0 Å². The Kier molecular flexibility index (Phi) is 2.63. The predicted molar refractivity (Wildman–Crippen MR) is 44.2 cm³/mol. The Morgan fingerprint density at radius 1 is 1.55 bits per heavy atom. The molecule has 0 aromatic carbocycles. The lowest BCUT2D eigenvalue weighted by atomic mass is 10.1. The average Bonchev–Trinajstić information content (AvgIpc) is 2.31. The van der Waals surface area contributed by atoms with Gasteiger partial charge in [0, 0.05) is 6.54 Å². The van der Waals surface area contributed by atoms with E-state index >= 15 is 0 Å². The first-order valence-electron chi connectivity index (χ1n) is 4.04. The van der Waals surface area contributed by atoms with Crippen molar-refractivity contribution in [3.63, 3.8) is 0 Å². The van der Waals surface area contributed by atoms with Crippen LogP contribution in [0.15, 0.2) is 6.33 Å². The van der Waals surface area contributed by atoms with E-state index in [1.54, 1.807) is 6.33 Å². The fraction of sp³-hybridized carbons (Fsp3) is 0.750. The molecule has 0 N–H and O–H groups in total. The van der Waals surface area contributed by atoms with Crippen molar-refractivity contribution in [1.29, 1.82) is 0 Å². The number of rotatable bonds is 3. The van der Waals surface area contributed by atoms with Crippen molar-refractivity contribution in [1.82, 2.24) is 14.8 Å². The summed E-state index contributed by atoms with van der Waals surface area (Å²) < 4.78 is 1.90.